The van der Waals surface area contributed by atoms with Gasteiger partial charge in [0.25, 0.3) is 0 Å². The summed E-state index contributed by atoms with van der Waals surface area (Å²) in [5, 5.41) is 5.62. The predicted octanol–water partition coefficient (Wildman–Crippen LogP) is 6.22. The summed E-state index contributed by atoms with van der Waals surface area (Å²) in [7, 11) is 0. The molecule has 0 unspecified atom stereocenters. The van der Waals surface area contributed by atoms with Crippen LogP contribution in [0.25, 0.3) is 22.3 Å². The van der Waals surface area contributed by atoms with Gasteiger partial charge < -0.3 is 14.2 Å². The fourth-order valence-corrected chi connectivity index (χ4v) is 4.18. The lowest BCUT2D eigenvalue weighted by Gasteiger charge is -2.31. The Labute approximate surface area is 191 Å². The average molecular weight is 475 g/mol. The monoisotopic (exact) mass is 474 g/mol. The number of aromatic nitrogens is 3. The maximum Gasteiger partial charge on any atom is 0.573 e. The van der Waals surface area contributed by atoms with E-state index >= 15 is 0 Å². The molecule has 1 aliphatic heterocycles. The second-order valence-corrected chi connectivity index (χ2v) is 8.18. The molecule has 0 radical (unpaired) electrons. The van der Waals surface area contributed by atoms with Gasteiger partial charge in [-0.2, -0.15) is 4.98 Å². The van der Waals surface area contributed by atoms with Crippen LogP contribution in [0.15, 0.2) is 59.1 Å². The zero-order valence-electron chi connectivity index (χ0n) is 17.2. The second-order valence-electron chi connectivity index (χ2n) is 7.77. The van der Waals surface area contributed by atoms with Crippen molar-refractivity contribution in [2.75, 3.05) is 18.0 Å². The third-order valence-electron chi connectivity index (χ3n) is 5.61. The molecule has 33 heavy (non-hydrogen) atoms. The third kappa shape index (κ3) is 4.73. The zero-order chi connectivity index (χ0) is 23.0. The summed E-state index contributed by atoms with van der Waals surface area (Å²) < 4.78 is 46.3. The molecule has 6 nitrogen and oxygen atoms in total. The van der Waals surface area contributed by atoms with Gasteiger partial charge in [0, 0.05) is 30.0 Å². The summed E-state index contributed by atoms with van der Waals surface area (Å²) in [5.74, 6) is 1.53. The van der Waals surface area contributed by atoms with Crippen LogP contribution in [0.5, 0.6) is 5.75 Å². The molecule has 0 bridgehead atoms. The molecule has 5 rings (SSSR count). The van der Waals surface area contributed by atoms with Crippen molar-refractivity contribution in [2.45, 2.75) is 25.1 Å². The highest BCUT2D eigenvalue weighted by Gasteiger charge is 2.31. The number of benzene rings is 2. The number of fused-ring (bicyclic) bond motifs is 1. The van der Waals surface area contributed by atoms with Gasteiger partial charge in [0.1, 0.15) is 11.6 Å². The predicted molar refractivity (Wildman–Crippen MR) is 117 cm³/mol. The smallest absolute Gasteiger partial charge is 0.406 e. The van der Waals surface area contributed by atoms with Gasteiger partial charge in [-0.25, -0.2) is 4.98 Å². The number of halogens is 4. The summed E-state index contributed by atoms with van der Waals surface area (Å²) in [4.78, 5) is 11.4. The molecule has 0 aliphatic carbocycles. The maximum atomic E-state index is 12.3. The van der Waals surface area contributed by atoms with Crippen molar-refractivity contribution in [3.8, 4) is 17.1 Å². The number of hydrogen-bond acceptors (Lipinski definition) is 6. The number of piperidine rings is 1. The molecule has 10 heteroatoms. The van der Waals surface area contributed by atoms with E-state index in [4.69, 9.17) is 21.1 Å². The van der Waals surface area contributed by atoms with E-state index in [1.54, 1.807) is 0 Å². The molecule has 1 aliphatic rings. The standard InChI is InChI=1S/C23H18ClF3N4O2/c24-18-3-1-2-14-6-9-19(28-20(14)18)31-12-10-16(11-13-31)22-29-21(30-33-22)15-4-7-17(8-5-15)32-23(25,26)27/h1-9,16H,10-13H2. The Morgan fingerprint density at radius 3 is 2.45 bits per heavy atom. The van der Waals surface area contributed by atoms with E-state index in [-0.39, 0.29) is 11.7 Å². The lowest BCUT2D eigenvalue weighted by atomic mass is 9.96. The first-order valence-electron chi connectivity index (χ1n) is 10.4. The number of hydrogen-bond donors (Lipinski definition) is 0. The topological polar surface area (TPSA) is 64.3 Å². The summed E-state index contributed by atoms with van der Waals surface area (Å²) >= 11 is 6.30. The normalized spacial score (nSPS) is 15.2. The molecule has 1 saturated heterocycles. The molecule has 0 N–H and O–H groups in total. The Hall–Kier alpha value is -3.33. The highest BCUT2D eigenvalue weighted by molar-refractivity contribution is 6.35. The third-order valence-corrected chi connectivity index (χ3v) is 5.92. The maximum absolute atomic E-state index is 12.3. The average Bonchev–Trinajstić information content (AvgIpc) is 3.29. The molecule has 0 amide bonds. The van der Waals surface area contributed by atoms with Gasteiger partial charge in [-0.3, -0.25) is 0 Å². The Morgan fingerprint density at radius 2 is 1.73 bits per heavy atom. The van der Waals surface area contributed by atoms with Gasteiger partial charge in [-0.15, -0.1) is 13.2 Å². The molecular formula is C23H18ClF3N4O2. The van der Waals surface area contributed by atoms with Gasteiger partial charge in [0.15, 0.2) is 0 Å². The minimum atomic E-state index is -4.73. The number of anilines is 1. The van der Waals surface area contributed by atoms with Crippen LogP contribution in [0, 0.1) is 0 Å². The van der Waals surface area contributed by atoms with Crippen LogP contribution < -0.4 is 9.64 Å². The lowest BCUT2D eigenvalue weighted by Crippen LogP contribution is -2.33. The fourth-order valence-electron chi connectivity index (χ4n) is 3.96. The molecule has 2 aromatic carbocycles. The van der Waals surface area contributed by atoms with Crippen LogP contribution >= 0.6 is 11.6 Å². The minimum Gasteiger partial charge on any atom is -0.406 e. The van der Waals surface area contributed by atoms with E-state index in [1.807, 2.05) is 30.3 Å². The van der Waals surface area contributed by atoms with Crippen LogP contribution in [0.3, 0.4) is 0 Å². The van der Waals surface area contributed by atoms with Crippen molar-refractivity contribution >= 4 is 28.3 Å². The van der Waals surface area contributed by atoms with Crippen molar-refractivity contribution in [3.63, 3.8) is 0 Å². The fraction of sp³-hybridized carbons (Fsp3) is 0.261. The van der Waals surface area contributed by atoms with Crippen LogP contribution in [0.2, 0.25) is 5.02 Å². The number of ether oxygens (including phenoxy) is 1. The van der Waals surface area contributed by atoms with Crippen LogP contribution in [-0.4, -0.2) is 34.6 Å². The van der Waals surface area contributed by atoms with E-state index in [9.17, 15) is 13.2 Å². The van der Waals surface area contributed by atoms with Gasteiger partial charge in [-0.1, -0.05) is 28.9 Å². The molecule has 4 aromatic rings. The number of rotatable bonds is 4. The quantitative estimate of drug-likeness (QED) is 0.350. The molecule has 1 fully saturated rings. The van der Waals surface area contributed by atoms with Gasteiger partial charge in [0.2, 0.25) is 11.7 Å². The van der Waals surface area contributed by atoms with Crippen molar-refractivity contribution in [1.29, 1.82) is 0 Å². The SMILES string of the molecule is FC(F)(F)Oc1ccc(-c2noc(C3CCN(c4ccc5cccc(Cl)c5n4)CC3)n2)cc1. The van der Waals surface area contributed by atoms with Crippen molar-refractivity contribution in [2.24, 2.45) is 0 Å². The molecule has 2 aromatic heterocycles. The molecule has 0 atom stereocenters. The summed E-state index contributed by atoms with van der Waals surface area (Å²) in [6.45, 7) is 1.55. The second kappa shape index (κ2) is 8.55. The van der Waals surface area contributed by atoms with E-state index in [0.717, 1.165) is 42.7 Å². The Morgan fingerprint density at radius 1 is 0.970 bits per heavy atom. The Balaban J connectivity index is 1.24. The molecule has 3 heterocycles. The summed E-state index contributed by atoms with van der Waals surface area (Å²) in [5.41, 5.74) is 1.33. The first kappa shape index (κ1) is 21.5. The first-order chi connectivity index (χ1) is 15.9. The molecular weight excluding hydrogens is 457 g/mol. The van der Waals surface area contributed by atoms with Crippen LogP contribution in [0.4, 0.5) is 19.0 Å². The van der Waals surface area contributed by atoms with Gasteiger partial charge in [-0.05, 0) is 55.3 Å². The summed E-state index contributed by atoms with van der Waals surface area (Å²) in [6, 6.07) is 15.1. The Bertz CT molecular complexity index is 1270. The van der Waals surface area contributed by atoms with Crippen molar-refractivity contribution in [3.05, 3.63) is 65.5 Å². The molecule has 170 valence electrons. The van der Waals surface area contributed by atoms with Crippen LogP contribution in [-0.2, 0) is 0 Å². The van der Waals surface area contributed by atoms with E-state index < -0.39 is 6.36 Å². The molecule has 0 spiro atoms. The first-order valence-corrected chi connectivity index (χ1v) is 10.7. The van der Waals surface area contributed by atoms with Gasteiger partial charge in [0.05, 0.1) is 10.5 Å². The van der Waals surface area contributed by atoms with Crippen molar-refractivity contribution < 1.29 is 22.4 Å². The number of para-hydroxylation sites is 1. The van der Waals surface area contributed by atoms with E-state index in [1.165, 1.54) is 24.3 Å². The highest BCUT2D eigenvalue weighted by Crippen LogP contribution is 2.32. The summed E-state index contributed by atoms with van der Waals surface area (Å²) in [6.07, 6.45) is -3.12. The van der Waals surface area contributed by atoms with Gasteiger partial charge >= 0.3 is 6.36 Å². The number of nitrogens with zero attached hydrogens (tertiary/aromatic N) is 4. The number of pyridine rings is 1. The number of alkyl halides is 3. The largest absolute Gasteiger partial charge is 0.573 e. The minimum absolute atomic E-state index is 0.0966. The van der Waals surface area contributed by atoms with E-state index in [0.29, 0.717) is 22.3 Å². The molecule has 0 saturated carbocycles. The van der Waals surface area contributed by atoms with Crippen LogP contribution in [0.1, 0.15) is 24.7 Å². The zero-order valence-corrected chi connectivity index (χ0v) is 18.0. The Kier molecular flexibility index (Phi) is 5.57. The van der Waals surface area contributed by atoms with Crippen molar-refractivity contribution in [1.82, 2.24) is 15.1 Å². The lowest BCUT2D eigenvalue weighted by molar-refractivity contribution is -0.274. The highest BCUT2D eigenvalue weighted by atomic mass is 35.5. The van der Waals surface area contributed by atoms with E-state index in [2.05, 4.69) is 19.8 Å².